The fourth-order valence-electron chi connectivity index (χ4n) is 7.76. The van der Waals surface area contributed by atoms with Gasteiger partial charge in [-0.25, -0.2) is 8.42 Å². The fraction of sp³-hybridized carbons (Fsp3) is 0.613. The Morgan fingerprint density at radius 2 is 1.71 bits per heavy atom. The largest absolute Gasteiger partial charge is 0.497 e. The van der Waals surface area contributed by atoms with Crippen LogP contribution >= 0.6 is 0 Å². The van der Waals surface area contributed by atoms with Crippen LogP contribution in [0.3, 0.4) is 0 Å². The fourth-order valence-corrected chi connectivity index (χ4v) is 9.71. The number of sulfonamides is 1. The Bertz CT molecular complexity index is 1240. The van der Waals surface area contributed by atoms with Crippen LogP contribution in [0, 0.1) is 5.92 Å². The molecule has 1 saturated carbocycles. The minimum atomic E-state index is -3.45. The van der Waals surface area contributed by atoms with E-state index in [4.69, 9.17) is 4.74 Å². The maximum atomic E-state index is 13.6. The van der Waals surface area contributed by atoms with Crippen LogP contribution in [0.5, 0.6) is 5.75 Å². The molecule has 0 amide bonds. The van der Waals surface area contributed by atoms with Crippen molar-refractivity contribution in [2.24, 2.45) is 5.92 Å². The third-order valence-electron chi connectivity index (χ3n) is 10.2. The molecule has 0 unspecified atom stereocenters. The molecular formula is C31H43N3O3S. The topological polar surface area (TPSA) is 53.1 Å². The molecule has 0 spiro atoms. The quantitative estimate of drug-likeness (QED) is 0.495. The molecule has 3 atom stereocenters. The van der Waals surface area contributed by atoms with Crippen molar-refractivity contribution in [1.29, 1.82) is 0 Å². The van der Waals surface area contributed by atoms with E-state index < -0.39 is 10.0 Å². The van der Waals surface area contributed by atoms with Gasteiger partial charge in [0.1, 0.15) is 5.75 Å². The first kappa shape index (κ1) is 26.3. The molecule has 2 saturated heterocycles. The molecular weight excluding hydrogens is 494 g/mol. The maximum Gasteiger partial charge on any atom is 0.243 e. The summed E-state index contributed by atoms with van der Waals surface area (Å²) in [4.78, 5) is 5.60. The van der Waals surface area contributed by atoms with Gasteiger partial charge < -0.3 is 14.5 Å². The molecule has 2 aliphatic heterocycles. The van der Waals surface area contributed by atoms with Crippen molar-refractivity contribution in [3.05, 3.63) is 59.7 Å². The van der Waals surface area contributed by atoms with Crippen molar-refractivity contribution in [3.63, 3.8) is 0 Å². The minimum absolute atomic E-state index is 0.105. The van der Waals surface area contributed by atoms with E-state index in [-0.39, 0.29) is 17.5 Å². The highest BCUT2D eigenvalue weighted by atomic mass is 32.2. The van der Waals surface area contributed by atoms with Gasteiger partial charge in [0, 0.05) is 23.5 Å². The van der Waals surface area contributed by atoms with E-state index in [1.807, 2.05) is 22.5 Å². The number of fused-ring (bicyclic) bond motifs is 4. The van der Waals surface area contributed by atoms with Gasteiger partial charge in [-0.3, -0.25) is 0 Å². The van der Waals surface area contributed by atoms with E-state index in [9.17, 15) is 8.42 Å². The van der Waals surface area contributed by atoms with Crippen molar-refractivity contribution in [3.8, 4) is 5.75 Å². The predicted octanol–water partition coefficient (Wildman–Crippen LogP) is 4.54. The molecule has 38 heavy (non-hydrogen) atoms. The predicted molar refractivity (Wildman–Crippen MR) is 151 cm³/mol. The summed E-state index contributed by atoms with van der Waals surface area (Å²) in [6.45, 7) is 6.62. The highest BCUT2D eigenvalue weighted by molar-refractivity contribution is 7.89. The van der Waals surface area contributed by atoms with Gasteiger partial charge in [0.05, 0.1) is 12.0 Å². The Hall–Kier alpha value is -1.93. The lowest BCUT2D eigenvalue weighted by atomic mass is 9.56. The average Bonchev–Trinajstić information content (AvgIpc) is 3.77. The van der Waals surface area contributed by atoms with Crippen molar-refractivity contribution in [2.45, 2.75) is 80.3 Å². The van der Waals surface area contributed by atoms with Crippen LogP contribution in [-0.4, -0.2) is 81.0 Å². The Morgan fingerprint density at radius 3 is 2.39 bits per heavy atom. The number of methoxy groups -OCH3 is 1. The molecule has 206 valence electrons. The van der Waals surface area contributed by atoms with Gasteiger partial charge in [0.2, 0.25) is 10.0 Å². The summed E-state index contributed by atoms with van der Waals surface area (Å²) in [6, 6.07) is 16.6. The maximum absolute atomic E-state index is 13.6. The number of likely N-dealkylation sites (N-methyl/N-ethyl adjacent to an activating group) is 1. The highest BCUT2D eigenvalue weighted by Crippen LogP contribution is 2.51. The number of hydrogen-bond donors (Lipinski definition) is 0. The van der Waals surface area contributed by atoms with Crippen molar-refractivity contribution in [1.82, 2.24) is 14.1 Å². The number of likely N-dealkylation sites (tertiary alicyclic amines) is 2. The smallest absolute Gasteiger partial charge is 0.243 e. The second-order valence-electron chi connectivity index (χ2n) is 12.2. The zero-order valence-electron chi connectivity index (χ0n) is 23.2. The number of rotatable bonds is 8. The van der Waals surface area contributed by atoms with Crippen molar-refractivity contribution < 1.29 is 13.2 Å². The second-order valence-corrected chi connectivity index (χ2v) is 14.0. The number of ether oxygens (including phenoxy) is 1. The SMILES string of the molecule is COc1ccc2c(c1)[C@]1(CCN3CCC(N(C4CC4)S(=O)(=O)c4ccccc4)CC3)CCN(C)[C@H](C2)[C@@H]1C. The van der Waals surface area contributed by atoms with Gasteiger partial charge >= 0.3 is 0 Å². The Balaban J connectivity index is 1.16. The number of hydrogen-bond acceptors (Lipinski definition) is 5. The molecule has 2 bridgehead atoms. The van der Waals surface area contributed by atoms with Gasteiger partial charge in [-0.15, -0.1) is 0 Å². The number of nitrogens with zero attached hydrogens (tertiary/aromatic N) is 3. The first-order chi connectivity index (χ1) is 18.3. The molecule has 7 heteroatoms. The van der Waals surface area contributed by atoms with E-state index in [1.54, 1.807) is 19.2 Å². The Morgan fingerprint density at radius 1 is 1.00 bits per heavy atom. The molecule has 0 N–H and O–H groups in total. The summed E-state index contributed by atoms with van der Waals surface area (Å²) in [6.07, 6.45) is 7.27. The summed E-state index contributed by atoms with van der Waals surface area (Å²) in [5, 5.41) is 0. The standard InChI is InChI=1S/C31H43N3O3S/c1-23-30-21-24-9-12-27(37-3)22-29(24)31(23,15-19-32(30)2)16-20-33-17-13-26(14-18-33)34(25-10-11-25)38(35,36)28-7-5-4-6-8-28/h4-9,12,22-23,25-26,30H,10-11,13-21H2,1-3H3/t23-,30+,31-/m0/s1. The van der Waals surface area contributed by atoms with Crippen LogP contribution in [0.1, 0.15) is 56.6 Å². The van der Waals surface area contributed by atoms with Gasteiger partial charge in [-0.2, -0.15) is 4.31 Å². The first-order valence-electron chi connectivity index (χ1n) is 14.5. The Kier molecular flexibility index (Phi) is 7.08. The zero-order chi connectivity index (χ0) is 26.5. The summed E-state index contributed by atoms with van der Waals surface area (Å²) in [5.74, 6) is 1.56. The minimum Gasteiger partial charge on any atom is -0.497 e. The molecule has 4 aliphatic rings. The van der Waals surface area contributed by atoms with E-state index in [1.165, 1.54) is 17.5 Å². The summed E-state index contributed by atoms with van der Waals surface area (Å²) in [7, 11) is 0.609. The lowest BCUT2D eigenvalue weighted by Crippen LogP contribution is -2.58. The summed E-state index contributed by atoms with van der Waals surface area (Å²) in [5.41, 5.74) is 3.18. The van der Waals surface area contributed by atoms with Crippen LogP contribution in [0.15, 0.2) is 53.4 Å². The molecule has 2 aliphatic carbocycles. The first-order valence-corrected chi connectivity index (χ1v) is 16.0. The van der Waals surface area contributed by atoms with Gasteiger partial charge in [0.15, 0.2) is 0 Å². The van der Waals surface area contributed by atoms with Crippen molar-refractivity contribution in [2.75, 3.05) is 40.3 Å². The van der Waals surface area contributed by atoms with E-state index in [0.717, 1.165) is 70.5 Å². The molecule has 0 radical (unpaired) electrons. The van der Waals surface area contributed by atoms with E-state index >= 15 is 0 Å². The molecule has 2 aromatic carbocycles. The van der Waals surface area contributed by atoms with Crippen LogP contribution < -0.4 is 4.74 Å². The van der Waals surface area contributed by atoms with E-state index in [0.29, 0.717) is 16.9 Å². The lowest BCUT2D eigenvalue weighted by Gasteiger charge is -2.56. The number of piperidine rings is 2. The number of benzene rings is 2. The summed E-state index contributed by atoms with van der Waals surface area (Å²) < 4.78 is 34.7. The average molecular weight is 538 g/mol. The van der Waals surface area contributed by atoms with Crippen LogP contribution in [0.2, 0.25) is 0 Å². The third kappa shape index (κ3) is 4.59. The third-order valence-corrected chi connectivity index (χ3v) is 12.2. The van der Waals surface area contributed by atoms with Crippen molar-refractivity contribution >= 4 is 10.0 Å². The second kappa shape index (κ2) is 10.2. The monoisotopic (exact) mass is 537 g/mol. The molecule has 3 fully saturated rings. The van der Waals surface area contributed by atoms with Crippen LogP contribution in [0.25, 0.3) is 0 Å². The normalized spacial score (nSPS) is 28.8. The lowest BCUT2D eigenvalue weighted by molar-refractivity contribution is 0.0272. The molecule has 0 aromatic heterocycles. The highest BCUT2D eigenvalue weighted by Gasteiger charge is 2.50. The molecule has 6 rings (SSSR count). The zero-order valence-corrected chi connectivity index (χ0v) is 24.0. The van der Waals surface area contributed by atoms with Crippen LogP contribution in [-0.2, 0) is 21.9 Å². The van der Waals surface area contributed by atoms with Crippen LogP contribution in [0.4, 0.5) is 0 Å². The molecule has 2 heterocycles. The molecule has 2 aromatic rings. The van der Waals surface area contributed by atoms with Gasteiger partial charge in [0.25, 0.3) is 0 Å². The van der Waals surface area contributed by atoms with Gasteiger partial charge in [-0.05, 0) is 119 Å². The van der Waals surface area contributed by atoms with Gasteiger partial charge in [-0.1, -0.05) is 31.2 Å². The summed E-state index contributed by atoms with van der Waals surface area (Å²) >= 11 is 0. The van der Waals surface area contributed by atoms with E-state index in [2.05, 4.69) is 42.0 Å². The molecule has 6 nitrogen and oxygen atoms in total. The Labute approximate surface area is 229 Å².